The van der Waals surface area contributed by atoms with Gasteiger partial charge in [0, 0.05) is 62.6 Å². The first kappa shape index (κ1) is 19.4. The van der Waals surface area contributed by atoms with Gasteiger partial charge < -0.3 is 9.80 Å². The van der Waals surface area contributed by atoms with Gasteiger partial charge in [-0.05, 0) is 45.6 Å². The molecule has 0 atom stereocenters. The average Bonchev–Trinajstić information content (AvgIpc) is 3.46. The number of nitrogens with zero attached hydrogens (tertiary/aromatic N) is 5. The number of hydrogen-bond donors (Lipinski definition) is 0. The summed E-state index contributed by atoms with van der Waals surface area (Å²) in [5.41, 5.74) is 2.09. The molecule has 1 amide bonds. The summed E-state index contributed by atoms with van der Waals surface area (Å²) in [7, 11) is 0. The van der Waals surface area contributed by atoms with Crippen LogP contribution in [-0.4, -0.2) is 71.0 Å². The van der Waals surface area contributed by atoms with Gasteiger partial charge in [0.2, 0.25) is 11.9 Å². The van der Waals surface area contributed by atoms with E-state index in [1.807, 2.05) is 19.9 Å². The molecule has 1 aromatic heterocycles. The van der Waals surface area contributed by atoms with Gasteiger partial charge in [-0.15, -0.1) is 12.4 Å². The van der Waals surface area contributed by atoms with Crippen molar-refractivity contribution in [1.82, 2.24) is 19.8 Å². The molecule has 0 aromatic carbocycles. The molecule has 3 fully saturated rings. The second kappa shape index (κ2) is 8.09. The summed E-state index contributed by atoms with van der Waals surface area (Å²) in [6.45, 7) is 10.0. The van der Waals surface area contributed by atoms with Crippen LogP contribution in [0.4, 0.5) is 5.95 Å². The van der Waals surface area contributed by atoms with E-state index in [-0.39, 0.29) is 12.4 Å². The van der Waals surface area contributed by atoms with E-state index < -0.39 is 0 Å². The molecule has 4 rings (SSSR count). The van der Waals surface area contributed by atoms with Crippen LogP contribution in [0, 0.1) is 19.8 Å². The van der Waals surface area contributed by atoms with Crippen LogP contribution in [0.2, 0.25) is 0 Å². The second-order valence-corrected chi connectivity index (χ2v) is 7.80. The van der Waals surface area contributed by atoms with Gasteiger partial charge in [-0.3, -0.25) is 9.69 Å². The van der Waals surface area contributed by atoms with Crippen molar-refractivity contribution in [3.63, 3.8) is 0 Å². The molecule has 1 aliphatic carbocycles. The number of carbonyl (C=O) groups excluding carboxylic acids is 1. The second-order valence-electron chi connectivity index (χ2n) is 7.80. The highest BCUT2D eigenvalue weighted by atomic mass is 35.5. The minimum absolute atomic E-state index is 0. The van der Waals surface area contributed by atoms with Crippen LogP contribution >= 0.6 is 12.4 Å². The van der Waals surface area contributed by atoms with Crippen LogP contribution in [-0.2, 0) is 4.79 Å². The zero-order valence-corrected chi connectivity index (χ0v) is 16.7. The molecule has 0 spiro atoms. The summed E-state index contributed by atoms with van der Waals surface area (Å²) in [6, 6.07) is 2.67. The molecule has 0 unspecified atom stereocenters. The Hall–Kier alpha value is -1.40. The van der Waals surface area contributed by atoms with Gasteiger partial charge in [0.05, 0.1) is 0 Å². The summed E-state index contributed by atoms with van der Waals surface area (Å²) < 4.78 is 0. The number of piperidine rings is 1. The number of hydrogen-bond acceptors (Lipinski definition) is 5. The van der Waals surface area contributed by atoms with Crippen LogP contribution in [0.1, 0.15) is 37.1 Å². The third-order valence-corrected chi connectivity index (χ3v) is 5.79. The lowest BCUT2D eigenvalue weighted by atomic mass is 10.0. The van der Waals surface area contributed by atoms with Gasteiger partial charge in [0.15, 0.2) is 0 Å². The summed E-state index contributed by atoms with van der Waals surface area (Å²) >= 11 is 0. The van der Waals surface area contributed by atoms with E-state index in [4.69, 9.17) is 0 Å². The predicted molar refractivity (Wildman–Crippen MR) is 105 cm³/mol. The molecule has 1 saturated carbocycles. The van der Waals surface area contributed by atoms with Crippen LogP contribution in [0.3, 0.4) is 0 Å². The standard InChI is InChI=1S/C19H29N5O.ClH/c1-14-13-15(2)21-19(20-14)24-7-5-17(6-8-24)22-9-11-23(12-10-22)18(25)16-3-4-16;/h13,16-17H,3-12H2,1-2H3;1H. The van der Waals surface area contributed by atoms with Gasteiger partial charge >= 0.3 is 0 Å². The maximum absolute atomic E-state index is 12.2. The molecule has 0 bridgehead atoms. The van der Waals surface area contributed by atoms with Gasteiger partial charge in [-0.25, -0.2) is 9.97 Å². The Bertz CT molecular complexity index is 615. The zero-order chi connectivity index (χ0) is 17.4. The van der Waals surface area contributed by atoms with Crippen LogP contribution < -0.4 is 4.90 Å². The van der Waals surface area contributed by atoms with Crippen molar-refractivity contribution in [2.45, 2.75) is 45.6 Å². The first-order chi connectivity index (χ1) is 12.1. The molecule has 7 heteroatoms. The van der Waals surface area contributed by atoms with Gasteiger partial charge in [-0.2, -0.15) is 0 Å². The third kappa shape index (κ3) is 4.29. The molecule has 2 saturated heterocycles. The van der Waals surface area contributed by atoms with Crippen molar-refractivity contribution in [2.24, 2.45) is 5.92 Å². The Morgan fingerprint density at radius 1 is 0.923 bits per heavy atom. The van der Waals surface area contributed by atoms with Crippen molar-refractivity contribution >= 4 is 24.3 Å². The molecule has 26 heavy (non-hydrogen) atoms. The zero-order valence-electron chi connectivity index (χ0n) is 15.9. The molecule has 6 nitrogen and oxygen atoms in total. The lowest BCUT2D eigenvalue weighted by molar-refractivity contribution is -0.134. The molecule has 3 heterocycles. The van der Waals surface area contributed by atoms with Crippen molar-refractivity contribution in [2.75, 3.05) is 44.2 Å². The Morgan fingerprint density at radius 2 is 1.50 bits per heavy atom. The lowest BCUT2D eigenvalue weighted by Crippen LogP contribution is -2.54. The number of anilines is 1. The average molecular weight is 380 g/mol. The number of rotatable bonds is 3. The number of aryl methyl sites for hydroxylation is 2. The molecule has 1 aromatic rings. The maximum atomic E-state index is 12.2. The monoisotopic (exact) mass is 379 g/mol. The normalized spacial score (nSPS) is 22.2. The molecule has 0 radical (unpaired) electrons. The molecule has 2 aliphatic heterocycles. The van der Waals surface area contributed by atoms with E-state index in [0.29, 0.717) is 17.9 Å². The predicted octanol–water partition coefficient (Wildman–Crippen LogP) is 2.04. The minimum Gasteiger partial charge on any atom is -0.341 e. The van der Waals surface area contributed by atoms with Crippen LogP contribution in [0.5, 0.6) is 0 Å². The molecule has 3 aliphatic rings. The summed E-state index contributed by atoms with van der Waals surface area (Å²) in [4.78, 5) is 28.4. The van der Waals surface area contributed by atoms with Crippen molar-refractivity contribution in [1.29, 1.82) is 0 Å². The number of halogens is 1. The highest BCUT2D eigenvalue weighted by molar-refractivity contribution is 5.85. The van der Waals surface area contributed by atoms with Crippen LogP contribution in [0.15, 0.2) is 6.07 Å². The molecule has 0 N–H and O–H groups in total. The molecular formula is C19H30ClN5O. The Morgan fingerprint density at radius 3 is 2.04 bits per heavy atom. The summed E-state index contributed by atoms with van der Waals surface area (Å²) in [6.07, 6.45) is 4.54. The first-order valence-corrected chi connectivity index (χ1v) is 9.70. The maximum Gasteiger partial charge on any atom is 0.225 e. The fourth-order valence-corrected chi connectivity index (χ4v) is 4.18. The summed E-state index contributed by atoms with van der Waals surface area (Å²) in [5, 5.41) is 0. The van der Waals surface area contributed by atoms with Gasteiger partial charge in [0.1, 0.15) is 0 Å². The van der Waals surface area contributed by atoms with E-state index in [0.717, 1.165) is 82.3 Å². The Labute approximate surface area is 162 Å². The highest BCUT2D eigenvalue weighted by Crippen LogP contribution is 2.31. The lowest BCUT2D eigenvalue weighted by Gasteiger charge is -2.42. The fourth-order valence-electron chi connectivity index (χ4n) is 4.18. The third-order valence-electron chi connectivity index (χ3n) is 5.79. The number of aromatic nitrogens is 2. The van der Waals surface area contributed by atoms with Crippen molar-refractivity contribution in [3.8, 4) is 0 Å². The van der Waals surface area contributed by atoms with E-state index >= 15 is 0 Å². The smallest absolute Gasteiger partial charge is 0.225 e. The van der Waals surface area contributed by atoms with E-state index in [1.54, 1.807) is 0 Å². The van der Waals surface area contributed by atoms with Crippen LogP contribution in [0.25, 0.3) is 0 Å². The van der Waals surface area contributed by atoms with Crippen molar-refractivity contribution < 1.29 is 4.79 Å². The Kier molecular flexibility index (Phi) is 6.03. The topological polar surface area (TPSA) is 52.6 Å². The van der Waals surface area contributed by atoms with E-state index in [2.05, 4.69) is 24.7 Å². The number of piperazine rings is 1. The molecular weight excluding hydrogens is 350 g/mol. The fraction of sp³-hybridized carbons (Fsp3) is 0.737. The quantitative estimate of drug-likeness (QED) is 0.804. The highest BCUT2D eigenvalue weighted by Gasteiger charge is 2.36. The number of carbonyl (C=O) groups is 1. The molecule has 144 valence electrons. The first-order valence-electron chi connectivity index (χ1n) is 9.70. The Balaban J connectivity index is 0.00000196. The number of amides is 1. The van der Waals surface area contributed by atoms with Gasteiger partial charge in [-0.1, -0.05) is 0 Å². The largest absolute Gasteiger partial charge is 0.341 e. The van der Waals surface area contributed by atoms with E-state index in [1.165, 1.54) is 0 Å². The van der Waals surface area contributed by atoms with Crippen molar-refractivity contribution in [3.05, 3.63) is 17.5 Å². The summed E-state index contributed by atoms with van der Waals surface area (Å²) in [5.74, 6) is 1.64. The minimum atomic E-state index is 0. The SMILES string of the molecule is Cc1cc(C)nc(N2CCC(N3CCN(C(=O)C4CC4)CC3)CC2)n1.Cl. The van der Waals surface area contributed by atoms with E-state index in [9.17, 15) is 4.79 Å². The van der Waals surface area contributed by atoms with Gasteiger partial charge in [0.25, 0.3) is 0 Å².